The van der Waals surface area contributed by atoms with E-state index in [0.29, 0.717) is 4.90 Å². The molecule has 1 N–H and O–H groups in total. The number of anilines is 1. The monoisotopic (exact) mass is 229 g/mol. The van der Waals surface area contributed by atoms with E-state index in [9.17, 15) is 8.42 Å². The quantitative estimate of drug-likeness (QED) is 0.778. The highest BCUT2D eigenvalue weighted by Crippen LogP contribution is 2.17. The Morgan fingerprint density at radius 1 is 1.27 bits per heavy atom. The van der Waals surface area contributed by atoms with Crippen LogP contribution in [0.5, 0.6) is 0 Å². The van der Waals surface area contributed by atoms with Crippen molar-refractivity contribution in [2.24, 2.45) is 0 Å². The zero-order valence-electron chi connectivity index (χ0n) is 8.84. The van der Waals surface area contributed by atoms with Crippen LogP contribution in [-0.4, -0.2) is 33.1 Å². The number of sulfone groups is 1. The Hall–Kier alpha value is -1.07. The lowest BCUT2D eigenvalue weighted by Crippen LogP contribution is -2.17. The summed E-state index contributed by atoms with van der Waals surface area (Å²) in [7, 11) is -1.40. The van der Waals surface area contributed by atoms with Crippen molar-refractivity contribution in [1.82, 2.24) is 0 Å². The fourth-order valence-corrected chi connectivity index (χ4v) is 2.04. The van der Waals surface area contributed by atoms with Gasteiger partial charge < -0.3 is 10.0 Å². The highest BCUT2D eigenvalue weighted by atomic mass is 32.2. The van der Waals surface area contributed by atoms with Crippen molar-refractivity contribution in [3.63, 3.8) is 0 Å². The summed E-state index contributed by atoms with van der Waals surface area (Å²) in [4.78, 5) is 1.93. The van der Waals surface area contributed by atoms with Gasteiger partial charge in [-0.05, 0) is 24.3 Å². The van der Waals surface area contributed by atoms with Crippen LogP contribution in [0.15, 0.2) is 29.2 Å². The Balaban J connectivity index is 3.00. The van der Waals surface area contributed by atoms with Gasteiger partial charge in [0.15, 0.2) is 9.84 Å². The minimum Gasteiger partial charge on any atom is -0.376 e. The number of hydrogen-bond acceptors (Lipinski definition) is 4. The van der Waals surface area contributed by atoms with Crippen molar-refractivity contribution in [2.75, 3.05) is 24.4 Å². The van der Waals surface area contributed by atoms with Gasteiger partial charge in [0.05, 0.1) is 10.6 Å². The average molecular weight is 229 g/mol. The second-order valence-corrected chi connectivity index (χ2v) is 5.51. The minimum atomic E-state index is -3.13. The molecule has 1 rings (SSSR count). The van der Waals surface area contributed by atoms with E-state index < -0.39 is 9.84 Å². The normalized spacial score (nSPS) is 11.4. The van der Waals surface area contributed by atoms with Gasteiger partial charge in [-0.2, -0.15) is 0 Å². The molecule has 84 valence electrons. The van der Waals surface area contributed by atoms with Gasteiger partial charge in [-0.3, -0.25) is 0 Å². The molecule has 0 aliphatic heterocycles. The maximum atomic E-state index is 11.5. The Labute approximate surface area is 90.1 Å². The van der Waals surface area contributed by atoms with Crippen LogP contribution in [0.4, 0.5) is 5.69 Å². The molecule has 0 aromatic heterocycles. The zero-order valence-corrected chi connectivity index (χ0v) is 9.66. The molecular formula is C10H15NO3S. The summed E-state index contributed by atoms with van der Waals surface area (Å²) in [5, 5.41) is 8.87. The van der Waals surface area contributed by atoms with Crippen molar-refractivity contribution < 1.29 is 13.5 Å². The van der Waals surface area contributed by atoms with E-state index in [1.54, 1.807) is 43.1 Å². The lowest BCUT2D eigenvalue weighted by atomic mass is 10.3. The molecule has 0 spiro atoms. The number of aliphatic hydroxyl groups excluding tert-OH is 1. The molecule has 0 fully saturated rings. The SMILES string of the molecule is CCS(=O)(=O)c1ccc(N(C)CO)cc1. The number of aliphatic hydroxyl groups is 1. The van der Waals surface area contributed by atoms with Crippen LogP contribution in [0.3, 0.4) is 0 Å². The topological polar surface area (TPSA) is 57.6 Å². The lowest BCUT2D eigenvalue weighted by molar-refractivity contribution is 0.298. The predicted octanol–water partition coefficient (Wildman–Crippen LogP) is 0.866. The van der Waals surface area contributed by atoms with Gasteiger partial charge >= 0.3 is 0 Å². The average Bonchev–Trinajstić information content (AvgIpc) is 2.28. The summed E-state index contributed by atoms with van der Waals surface area (Å²) >= 11 is 0. The molecule has 0 amide bonds. The molecule has 0 saturated heterocycles. The molecule has 1 aromatic carbocycles. The highest BCUT2D eigenvalue weighted by molar-refractivity contribution is 7.91. The standard InChI is InChI=1S/C10H15NO3S/c1-3-15(13,14)10-6-4-9(5-7-10)11(2)8-12/h4-7,12H,3,8H2,1-2H3. The van der Waals surface area contributed by atoms with Crippen LogP contribution in [-0.2, 0) is 9.84 Å². The van der Waals surface area contributed by atoms with Crippen LogP contribution >= 0.6 is 0 Å². The minimum absolute atomic E-state index is 0.0973. The number of rotatable bonds is 4. The van der Waals surface area contributed by atoms with E-state index in [-0.39, 0.29) is 12.5 Å². The highest BCUT2D eigenvalue weighted by Gasteiger charge is 2.11. The molecule has 0 unspecified atom stereocenters. The Bertz CT molecular complexity index is 411. The Morgan fingerprint density at radius 2 is 1.80 bits per heavy atom. The molecule has 0 heterocycles. The fraction of sp³-hybridized carbons (Fsp3) is 0.400. The van der Waals surface area contributed by atoms with E-state index in [1.165, 1.54) is 0 Å². The van der Waals surface area contributed by atoms with E-state index >= 15 is 0 Å². The van der Waals surface area contributed by atoms with E-state index in [4.69, 9.17) is 5.11 Å². The molecule has 0 aliphatic rings. The fourth-order valence-electron chi connectivity index (χ4n) is 1.16. The predicted molar refractivity (Wildman–Crippen MR) is 59.7 cm³/mol. The van der Waals surface area contributed by atoms with Gasteiger partial charge in [-0.25, -0.2) is 8.42 Å². The summed E-state index contributed by atoms with van der Waals surface area (Å²) in [5.74, 6) is 0.0994. The smallest absolute Gasteiger partial charge is 0.178 e. The van der Waals surface area contributed by atoms with Crippen molar-refractivity contribution in [3.8, 4) is 0 Å². The maximum absolute atomic E-state index is 11.5. The first kappa shape index (κ1) is 12.0. The van der Waals surface area contributed by atoms with Gasteiger partial charge in [0, 0.05) is 12.7 Å². The van der Waals surface area contributed by atoms with Crippen LogP contribution in [0.1, 0.15) is 6.92 Å². The molecule has 5 heteroatoms. The van der Waals surface area contributed by atoms with Crippen molar-refractivity contribution in [1.29, 1.82) is 0 Å². The summed E-state index contributed by atoms with van der Waals surface area (Å²) in [6, 6.07) is 6.47. The summed E-state index contributed by atoms with van der Waals surface area (Å²) in [5.41, 5.74) is 0.785. The summed E-state index contributed by atoms with van der Waals surface area (Å²) in [6.07, 6.45) is 0. The number of benzene rings is 1. The van der Waals surface area contributed by atoms with Crippen molar-refractivity contribution in [3.05, 3.63) is 24.3 Å². The van der Waals surface area contributed by atoms with Crippen molar-refractivity contribution in [2.45, 2.75) is 11.8 Å². The van der Waals surface area contributed by atoms with Gasteiger partial charge in [0.25, 0.3) is 0 Å². The van der Waals surface area contributed by atoms with Crippen LogP contribution in [0, 0.1) is 0 Å². The van der Waals surface area contributed by atoms with Crippen LogP contribution in [0.2, 0.25) is 0 Å². The van der Waals surface area contributed by atoms with E-state index in [0.717, 1.165) is 5.69 Å². The number of nitrogens with zero attached hydrogens (tertiary/aromatic N) is 1. The van der Waals surface area contributed by atoms with E-state index in [2.05, 4.69) is 0 Å². The summed E-state index contributed by atoms with van der Waals surface area (Å²) < 4.78 is 23.0. The largest absolute Gasteiger partial charge is 0.376 e. The molecule has 0 radical (unpaired) electrons. The van der Waals surface area contributed by atoms with E-state index in [1.807, 2.05) is 0 Å². The van der Waals surface area contributed by atoms with Crippen LogP contribution < -0.4 is 4.90 Å². The second kappa shape index (κ2) is 4.63. The first-order chi connectivity index (χ1) is 7.01. The number of hydrogen-bond donors (Lipinski definition) is 1. The molecule has 0 bridgehead atoms. The molecule has 0 atom stereocenters. The first-order valence-electron chi connectivity index (χ1n) is 4.66. The van der Waals surface area contributed by atoms with Crippen molar-refractivity contribution >= 4 is 15.5 Å². The maximum Gasteiger partial charge on any atom is 0.178 e. The Kier molecular flexibility index (Phi) is 3.71. The molecule has 4 nitrogen and oxygen atoms in total. The molecule has 0 saturated carbocycles. The van der Waals surface area contributed by atoms with Gasteiger partial charge in [0.2, 0.25) is 0 Å². The molecule has 0 aliphatic carbocycles. The zero-order chi connectivity index (χ0) is 11.5. The van der Waals surface area contributed by atoms with Gasteiger partial charge in [0.1, 0.15) is 6.73 Å². The third-order valence-corrected chi connectivity index (χ3v) is 3.98. The van der Waals surface area contributed by atoms with Gasteiger partial charge in [-0.1, -0.05) is 6.92 Å². The van der Waals surface area contributed by atoms with Gasteiger partial charge in [-0.15, -0.1) is 0 Å². The third-order valence-electron chi connectivity index (χ3n) is 2.23. The summed E-state index contributed by atoms with van der Waals surface area (Å²) in [6.45, 7) is 1.52. The van der Waals surface area contributed by atoms with Crippen LogP contribution in [0.25, 0.3) is 0 Å². The molecule has 15 heavy (non-hydrogen) atoms. The molecule has 1 aromatic rings. The Morgan fingerprint density at radius 3 is 2.20 bits per heavy atom. The lowest BCUT2D eigenvalue weighted by Gasteiger charge is -2.15. The second-order valence-electron chi connectivity index (χ2n) is 3.24. The molecular weight excluding hydrogens is 214 g/mol. The third kappa shape index (κ3) is 2.70. The first-order valence-corrected chi connectivity index (χ1v) is 6.31.